The van der Waals surface area contributed by atoms with E-state index in [0.29, 0.717) is 11.3 Å². The largest absolute Gasteiger partial charge is 0.423 e. The first-order valence-electron chi connectivity index (χ1n) is 9.24. The maximum atomic E-state index is 12.4. The van der Waals surface area contributed by atoms with Crippen molar-refractivity contribution in [2.45, 2.75) is 53.1 Å². The quantitative estimate of drug-likeness (QED) is 0.387. The maximum absolute atomic E-state index is 12.4. The molecule has 0 N–H and O–H groups in total. The van der Waals surface area contributed by atoms with Crippen LogP contribution in [0.3, 0.4) is 0 Å². The third-order valence-electron chi connectivity index (χ3n) is 4.33. The van der Waals surface area contributed by atoms with Crippen LogP contribution >= 0.6 is 0 Å². The Labute approximate surface area is 163 Å². The molecule has 4 heteroatoms. The molecule has 2 aromatic rings. The SMILES string of the molecule is CON(C(c1ccc(C(=O)Oc2ccccc2)cc1)C(C)(C)C)C(C)(C)C. The maximum Gasteiger partial charge on any atom is 0.343 e. The molecular weight excluding hydrogens is 338 g/mol. The van der Waals surface area contributed by atoms with Gasteiger partial charge < -0.3 is 9.57 Å². The predicted molar refractivity (Wildman–Crippen MR) is 109 cm³/mol. The van der Waals surface area contributed by atoms with E-state index in [1.165, 1.54) is 0 Å². The van der Waals surface area contributed by atoms with Crippen molar-refractivity contribution in [2.75, 3.05) is 7.11 Å². The van der Waals surface area contributed by atoms with E-state index in [9.17, 15) is 4.79 Å². The summed E-state index contributed by atoms with van der Waals surface area (Å²) in [7, 11) is 1.70. The van der Waals surface area contributed by atoms with Crippen LogP contribution in [-0.4, -0.2) is 23.7 Å². The van der Waals surface area contributed by atoms with Crippen molar-refractivity contribution in [3.05, 3.63) is 65.7 Å². The summed E-state index contributed by atoms with van der Waals surface area (Å²) in [6.07, 6.45) is 0. The van der Waals surface area contributed by atoms with Gasteiger partial charge in [0.2, 0.25) is 0 Å². The van der Waals surface area contributed by atoms with Crippen molar-refractivity contribution >= 4 is 5.97 Å². The summed E-state index contributed by atoms with van der Waals surface area (Å²) >= 11 is 0. The summed E-state index contributed by atoms with van der Waals surface area (Å²) in [4.78, 5) is 18.1. The number of benzene rings is 2. The molecule has 0 spiro atoms. The predicted octanol–water partition coefficient (Wildman–Crippen LogP) is 5.65. The first-order valence-corrected chi connectivity index (χ1v) is 9.24. The van der Waals surface area contributed by atoms with Crippen LogP contribution in [-0.2, 0) is 4.84 Å². The molecule has 0 fully saturated rings. The van der Waals surface area contributed by atoms with Crippen molar-refractivity contribution in [1.29, 1.82) is 0 Å². The molecule has 0 radical (unpaired) electrons. The van der Waals surface area contributed by atoms with Crippen LogP contribution < -0.4 is 4.74 Å². The van der Waals surface area contributed by atoms with Crippen molar-refractivity contribution in [3.63, 3.8) is 0 Å². The minimum atomic E-state index is -0.362. The van der Waals surface area contributed by atoms with Gasteiger partial charge in [-0.15, -0.1) is 0 Å². The first-order chi connectivity index (χ1) is 12.5. The van der Waals surface area contributed by atoms with Gasteiger partial charge >= 0.3 is 5.97 Å². The van der Waals surface area contributed by atoms with Gasteiger partial charge in [-0.25, -0.2) is 4.79 Å². The van der Waals surface area contributed by atoms with Gasteiger partial charge in [0.25, 0.3) is 0 Å². The number of carbonyl (C=O) groups excluding carboxylic acids is 1. The van der Waals surface area contributed by atoms with E-state index in [-0.39, 0.29) is 23.0 Å². The zero-order valence-electron chi connectivity index (χ0n) is 17.4. The van der Waals surface area contributed by atoms with Crippen molar-refractivity contribution in [1.82, 2.24) is 5.06 Å². The normalized spacial score (nSPS) is 13.5. The summed E-state index contributed by atoms with van der Waals surface area (Å²) in [6.45, 7) is 12.9. The third kappa shape index (κ3) is 5.41. The van der Waals surface area contributed by atoms with Crippen molar-refractivity contribution < 1.29 is 14.4 Å². The number of hydrogen-bond donors (Lipinski definition) is 0. The van der Waals surface area contributed by atoms with E-state index in [0.717, 1.165) is 5.56 Å². The van der Waals surface area contributed by atoms with Gasteiger partial charge in [0.05, 0.1) is 18.7 Å². The van der Waals surface area contributed by atoms with Gasteiger partial charge in [-0.2, -0.15) is 5.06 Å². The summed E-state index contributed by atoms with van der Waals surface area (Å²) in [5.41, 5.74) is 1.39. The second-order valence-corrected chi connectivity index (χ2v) is 8.77. The number of esters is 1. The zero-order valence-corrected chi connectivity index (χ0v) is 17.4. The van der Waals surface area contributed by atoms with Gasteiger partial charge in [-0.3, -0.25) is 0 Å². The van der Waals surface area contributed by atoms with Crippen LogP contribution in [0.15, 0.2) is 54.6 Å². The number of ether oxygens (including phenoxy) is 1. The molecule has 0 bridgehead atoms. The van der Waals surface area contributed by atoms with Crippen LogP contribution in [0.1, 0.15) is 63.5 Å². The molecule has 0 aromatic heterocycles. The lowest BCUT2D eigenvalue weighted by atomic mass is 9.80. The third-order valence-corrected chi connectivity index (χ3v) is 4.33. The standard InChI is InChI=1S/C23H31NO3/c1-22(2,3)20(24(26-7)23(4,5)6)17-13-15-18(16-14-17)21(25)27-19-11-9-8-10-12-19/h8-16,20H,1-7H3. The molecular formula is C23H31NO3. The Morgan fingerprint density at radius 3 is 1.89 bits per heavy atom. The molecule has 1 atom stereocenters. The van der Waals surface area contributed by atoms with Crippen LogP contribution in [0.25, 0.3) is 0 Å². The zero-order chi connectivity index (χ0) is 20.2. The highest BCUT2D eigenvalue weighted by atomic mass is 16.7. The van der Waals surface area contributed by atoms with E-state index in [2.05, 4.69) is 41.5 Å². The van der Waals surface area contributed by atoms with Gasteiger partial charge in [-0.05, 0) is 56.0 Å². The molecule has 0 heterocycles. The van der Waals surface area contributed by atoms with E-state index < -0.39 is 0 Å². The smallest absolute Gasteiger partial charge is 0.343 e. The lowest BCUT2D eigenvalue weighted by Gasteiger charge is -2.45. The molecule has 0 aliphatic heterocycles. The Morgan fingerprint density at radius 2 is 1.44 bits per heavy atom. The number of rotatable bonds is 5. The molecule has 4 nitrogen and oxygen atoms in total. The molecule has 0 saturated carbocycles. The molecule has 27 heavy (non-hydrogen) atoms. The number of para-hydroxylation sites is 1. The molecule has 0 aliphatic carbocycles. The van der Waals surface area contributed by atoms with Crippen LogP contribution in [0, 0.1) is 5.41 Å². The van der Waals surface area contributed by atoms with Crippen molar-refractivity contribution in [2.24, 2.45) is 5.41 Å². The topological polar surface area (TPSA) is 38.8 Å². The summed E-state index contributed by atoms with van der Waals surface area (Å²) in [6, 6.07) is 16.7. The second kappa shape index (κ2) is 8.24. The Morgan fingerprint density at radius 1 is 0.889 bits per heavy atom. The fraction of sp³-hybridized carbons (Fsp3) is 0.435. The monoisotopic (exact) mass is 369 g/mol. The number of hydroxylamine groups is 2. The van der Waals surface area contributed by atoms with E-state index in [1.54, 1.807) is 19.2 Å². The average Bonchev–Trinajstić information content (AvgIpc) is 2.58. The van der Waals surface area contributed by atoms with E-state index in [4.69, 9.17) is 9.57 Å². The van der Waals surface area contributed by atoms with Gasteiger partial charge in [0.15, 0.2) is 0 Å². The van der Waals surface area contributed by atoms with Gasteiger partial charge in [0, 0.05) is 5.54 Å². The lowest BCUT2D eigenvalue weighted by Crippen LogP contribution is -2.47. The Hall–Kier alpha value is -2.17. The van der Waals surface area contributed by atoms with Gasteiger partial charge in [0.1, 0.15) is 5.75 Å². The molecule has 146 valence electrons. The van der Waals surface area contributed by atoms with Crippen LogP contribution in [0.5, 0.6) is 5.75 Å². The highest BCUT2D eigenvalue weighted by Crippen LogP contribution is 2.41. The number of hydrogen-bond acceptors (Lipinski definition) is 4. The fourth-order valence-corrected chi connectivity index (χ4v) is 3.21. The van der Waals surface area contributed by atoms with Crippen molar-refractivity contribution in [3.8, 4) is 5.75 Å². The van der Waals surface area contributed by atoms with Crippen LogP contribution in [0.4, 0.5) is 0 Å². The van der Waals surface area contributed by atoms with Crippen LogP contribution in [0.2, 0.25) is 0 Å². The summed E-state index contributed by atoms with van der Waals surface area (Å²) < 4.78 is 5.42. The highest BCUT2D eigenvalue weighted by molar-refractivity contribution is 5.91. The first kappa shape index (κ1) is 21.1. The number of nitrogens with zero attached hydrogens (tertiary/aromatic N) is 1. The Bertz CT molecular complexity index is 740. The minimum absolute atomic E-state index is 0.0293. The average molecular weight is 370 g/mol. The summed E-state index contributed by atoms with van der Waals surface area (Å²) in [5.74, 6) is 0.178. The molecule has 1 unspecified atom stereocenters. The second-order valence-electron chi connectivity index (χ2n) is 8.77. The molecule has 0 aliphatic rings. The Kier molecular flexibility index (Phi) is 6.45. The summed E-state index contributed by atoms with van der Waals surface area (Å²) in [5, 5.41) is 2.02. The molecule has 0 amide bonds. The Balaban J connectivity index is 2.28. The van der Waals surface area contributed by atoms with E-state index >= 15 is 0 Å². The van der Waals surface area contributed by atoms with E-state index in [1.807, 2.05) is 47.5 Å². The van der Waals surface area contributed by atoms with Gasteiger partial charge in [-0.1, -0.05) is 51.1 Å². The highest BCUT2D eigenvalue weighted by Gasteiger charge is 2.38. The lowest BCUT2D eigenvalue weighted by molar-refractivity contribution is -0.236. The molecule has 2 rings (SSSR count). The number of carbonyl (C=O) groups is 1. The molecule has 2 aromatic carbocycles. The molecule has 0 saturated heterocycles. The minimum Gasteiger partial charge on any atom is -0.423 e. The fourth-order valence-electron chi connectivity index (χ4n) is 3.21.